The molecule has 0 heterocycles. The Bertz CT molecular complexity index is 705. The number of nitrogens with one attached hydrogen (secondary N) is 2. The van der Waals surface area contributed by atoms with E-state index in [0.717, 1.165) is 13.1 Å². The van der Waals surface area contributed by atoms with Crippen molar-refractivity contribution in [2.45, 2.75) is 26.8 Å². The number of likely N-dealkylation sites (N-methyl/N-ethyl adjacent to an activating group) is 2. The molecule has 0 bridgehead atoms. The van der Waals surface area contributed by atoms with Gasteiger partial charge in [0, 0.05) is 31.4 Å². The molecule has 1 unspecified atom stereocenters. The average molecular weight is 378 g/mol. The number of nitro groups is 1. The number of anilines is 1. The van der Waals surface area contributed by atoms with Gasteiger partial charge in [-0.1, -0.05) is 19.1 Å². The first kappa shape index (κ1) is 22.1. The lowest BCUT2D eigenvalue weighted by atomic mass is 10.1. The third-order valence-electron chi connectivity index (χ3n) is 3.89. The molecule has 0 fully saturated rings. The molecule has 0 aliphatic heterocycles. The van der Waals surface area contributed by atoms with E-state index in [4.69, 9.17) is 5.11 Å². The summed E-state index contributed by atoms with van der Waals surface area (Å²) >= 11 is 0. The van der Waals surface area contributed by atoms with E-state index in [1.165, 1.54) is 19.1 Å². The zero-order valence-electron chi connectivity index (χ0n) is 15.8. The summed E-state index contributed by atoms with van der Waals surface area (Å²) in [4.78, 5) is 35.8. The van der Waals surface area contributed by atoms with Crippen LogP contribution >= 0.6 is 0 Å². The first-order chi connectivity index (χ1) is 12.8. The van der Waals surface area contributed by atoms with Crippen molar-refractivity contribution >= 4 is 23.3 Å². The van der Waals surface area contributed by atoms with Gasteiger partial charge in [-0.25, -0.2) is 0 Å². The molecule has 0 aliphatic rings. The standard InChI is InChI=1S/C18H26N4O5/c1-4-19-10-6-7-11-21(5-2)14-8-9-16(22(26)27)15(12-14)17(23)20-13(3)18(24)25/h6-9,12-13,19H,4-5,10-11H2,1-3H3,(H,20,23)(H,24,25)/b7-6+. The maximum atomic E-state index is 12.4. The molecule has 1 aromatic carbocycles. The van der Waals surface area contributed by atoms with Crippen LogP contribution in [0.15, 0.2) is 30.4 Å². The molecule has 0 aliphatic carbocycles. The van der Waals surface area contributed by atoms with Crippen molar-refractivity contribution in [3.8, 4) is 0 Å². The molecule has 0 saturated carbocycles. The largest absolute Gasteiger partial charge is 0.480 e. The molecule has 0 aromatic heterocycles. The predicted octanol–water partition coefficient (Wildman–Crippen LogP) is 1.79. The Morgan fingerprint density at radius 1 is 1.33 bits per heavy atom. The SMILES string of the molecule is CCNC/C=C/CN(CC)c1ccc([N+](=O)[O-])c(C(=O)NC(C)C(=O)O)c1. The number of hydrogen-bond donors (Lipinski definition) is 3. The molecule has 1 amide bonds. The number of hydrogen-bond acceptors (Lipinski definition) is 6. The summed E-state index contributed by atoms with van der Waals surface area (Å²) < 4.78 is 0. The summed E-state index contributed by atoms with van der Waals surface area (Å²) in [6, 6.07) is 3.11. The highest BCUT2D eigenvalue weighted by atomic mass is 16.6. The molecule has 1 atom stereocenters. The maximum Gasteiger partial charge on any atom is 0.325 e. The number of nitro benzene ring substituents is 1. The van der Waals surface area contributed by atoms with Gasteiger partial charge in [0.2, 0.25) is 0 Å². The lowest BCUT2D eigenvalue weighted by molar-refractivity contribution is -0.385. The van der Waals surface area contributed by atoms with Crippen LogP contribution in [0, 0.1) is 10.1 Å². The number of carboxylic acids is 1. The maximum absolute atomic E-state index is 12.4. The van der Waals surface area contributed by atoms with Gasteiger partial charge < -0.3 is 20.6 Å². The minimum atomic E-state index is -1.22. The second kappa shape index (κ2) is 10.9. The summed E-state index contributed by atoms with van der Waals surface area (Å²) in [5, 5.41) is 25.6. The summed E-state index contributed by atoms with van der Waals surface area (Å²) in [6.45, 7) is 8.07. The first-order valence-electron chi connectivity index (χ1n) is 8.74. The smallest absolute Gasteiger partial charge is 0.325 e. The van der Waals surface area contributed by atoms with Crippen molar-refractivity contribution in [3.05, 3.63) is 46.0 Å². The molecule has 1 aromatic rings. The topological polar surface area (TPSA) is 125 Å². The van der Waals surface area contributed by atoms with Crippen molar-refractivity contribution < 1.29 is 19.6 Å². The molecule has 1 rings (SSSR count). The molecule has 0 saturated heterocycles. The van der Waals surface area contributed by atoms with Crippen LogP contribution in [-0.4, -0.2) is 54.1 Å². The lowest BCUT2D eigenvalue weighted by Gasteiger charge is -2.22. The first-order valence-corrected chi connectivity index (χ1v) is 8.74. The van der Waals surface area contributed by atoms with E-state index in [9.17, 15) is 19.7 Å². The third-order valence-corrected chi connectivity index (χ3v) is 3.89. The van der Waals surface area contributed by atoms with E-state index < -0.39 is 22.8 Å². The van der Waals surface area contributed by atoms with Crippen LogP contribution in [0.1, 0.15) is 31.1 Å². The Balaban J connectivity index is 3.08. The fraction of sp³-hybridized carbons (Fsp3) is 0.444. The Labute approximate surface area is 158 Å². The van der Waals surface area contributed by atoms with Crippen LogP contribution in [0.4, 0.5) is 11.4 Å². The number of carbonyl (C=O) groups excluding carboxylic acids is 1. The Hall–Kier alpha value is -2.94. The molecule has 9 nitrogen and oxygen atoms in total. The van der Waals surface area contributed by atoms with Crippen molar-refractivity contribution in [2.75, 3.05) is 31.1 Å². The average Bonchev–Trinajstić information content (AvgIpc) is 2.64. The van der Waals surface area contributed by atoms with Gasteiger partial charge >= 0.3 is 5.97 Å². The number of rotatable bonds is 11. The van der Waals surface area contributed by atoms with Gasteiger partial charge in [-0.15, -0.1) is 0 Å². The summed E-state index contributed by atoms with van der Waals surface area (Å²) in [5.74, 6) is -2.01. The molecule has 0 radical (unpaired) electrons. The fourth-order valence-electron chi connectivity index (χ4n) is 2.33. The second-order valence-corrected chi connectivity index (χ2v) is 5.81. The molecular formula is C18H26N4O5. The van der Waals surface area contributed by atoms with Crippen molar-refractivity contribution in [2.24, 2.45) is 0 Å². The summed E-state index contributed by atoms with van der Waals surface area (Å²) in [6.07, 6.45) is 3.96. The summed E-state index contributed by atoms with van der Waals surface area (Å²) in [5.41, 5.74) is 0.109. The molecular weight excluding hydrogens is 352 g/mol. The van der Waals surface area contributed by atoms with Crippen molar-refractivity contribution in [1.29, 1.82) is 0 Å². The number of amides is 1. The van der Waals surface area contributed by atoms with E-state index >= 15 is 0 Å². The van der Waals surface area contributed by atoms with Gasteiger partial charge in [0.1, 0.15) is 11.6 Å². The van der Waals surface area contributed by atoms with E-state index in [2.05, 4.69) is 10.6 Å². The van der Waals surface area contributed by atoms with Crippen LogP contribution in [0.2, 0.25) is 0 Å². The Morgan fingerprint density at radius 3 is 2.59 bits per heavy atom. The van der Waals surface area contributed by atoms with Crippen molar-refractivity contribution in [1.82, 2.24) is 10.6 Å². The highest BCUT2D eigenvalue weighted by Crippen LogP contribution is 2.25. The van der Waals surface area contributed by atoms with Crippen LogP contribution in [0.5, 0.6) is 0 Å². The third kappa shape index (κ3) is 6.70. The van der Waals surface area contributed by atoms with Crippen LogP contribution in [0.25, 0.3) is 0 Å². The monoisotopic (exact) mass is 378 g/mol. The number of carbonyl (C=O) groups is 2. The zero-order valence-corrected chi connectivity index (χ0v) is 15.8. The normalized spacial score (nSPS) is 12.0. The minimum Gasteiger partial charge on any atom is -0.480 e. The van der Waals surface area contributed by atoms with Gasteiger partial charge in [0.25, 0.3) is 11.6 Å². The molecule has 3 N–H and O–H groups in total. The van der Waals surface area contributed by atoms with Gasteiger partial charge in [-0.05, 0) is 32.5 Å². The van der Waals surface area contributed by atoms with Gasteiger partial charge in [0.05, 0.1) is 4.92 Å². The van der Waals surface area contributed by atoms with Crippen molar-refractivity contribution in [3.63, 3.8) is 0 Å². The lowest BCUT2D eigenvalue weighted by Crippen LogP contribution is -2.38. The second-order valence-electron chi connectivity index (χ2n) is 5.81. The highest BCUT2D eigenvalue weighted by Gasteiger charge is 2.24. The van der Waals surface area contributed by atoms with Gasteiger partial charge in [-0.3, -0.25) is 19.7 Å². The Kier molecular flexibility index (Phi) is 8.94. The number of aliphatic carboxylic acids is 1. The predicted molar refractivity (Wildman–Crippen MR) is 103 cm³/mol. The van der Waals surface area contributed by atoms with E-state index in [0.29, 0.717) is 18.8 Å². The number of carboxylic acid groups (broad SMARTS) is 1. The Morgan fingerprint density at radius 2 is 2.04 bits per heavy atom. The van der Waals surface area contributed by atoms with Crippen LogP contribution < -0.4 is 15.5 Å². The zero-order chi connectivity index (χ0) is 20.4. The van der Waals surface area contributed by atoms with Crippen LogP contribution in [0.3, 0.4) is 0 Å². The quantitative estimate of drug-likeness (QED) is 0.232. The van der Waals surface area contributed by atoms with Gasteiger partial charge in [-0.2, -0.15) is 0 Å². The van der Waals surface area contributed by atoms with E-state index in [1.807, 2.05) is 30.9 Å². The van der Waals surface area contributed by atoms with Gasteiger partial charge in [0.15, 0.2) is 0 Å². The number of benzene rings is 1. The fourth-order valence-corrected chi connectivity index (χ4v) is 2.33. The molecule has 27 heavy (non-hydrogen) atoms. The van der Waals surface area contributed by atoms with E-state index in [-0.39, 0.29) is 11.3 Å². The number of nitrogens with zero attached hydrogens (tertiary/aromatic N) is 2. The molecule has 148 valence electrons. The minimum absolute atomic E-state index is 0.166. The van der Waals surface area contributed by atoms with E-state index in [1.54, 1.807) is 6.07 Å². The highest BCUT2D eigenvalue weighted by molar-refractivity contribution is 6.00. The molecule has 9 heteroatoms. The van der Waals surface area contributed by atoms with Crippen LogP contribution in [-0.2, 0) is 4.79 Å². The summed E-state index contributed by atoms with van der Waals surface area (Å²) in [7, 11) is 0. The molecule has 0 spiro atoms.